The van der Waals surface area contributed by atoms with Crippen LogP contribution in [0, 0.1) is 17.8 Å². The van der Waals surface area contributed by atoms with E-state index in [1.54, 1.807) is 0 Å². The first-order valence-corrected chi connectivity index (χ1v) is 8.93. The number of carbonyl (C=O) groups is 2. The predicted molar refractivity (Wildman–Crippen MR) is 94.1 cm³/mol. The molecule has 3 amide bonds. The van der Waals surface area contributed by atoms with Crippen LogP contribution in [0.5, 0.6) is 11.5 Å². The molecule has 0 aromatic heterocycles. The van der Waals surface area contributed by atoms with Gasteiger partial charge in [0, 0.05) is 12.1 Å². The number of carbonyl (C=O) groups excluding carboxylic acids is 2. The van der Waals surface area contributed by atoms with Crippen molar-refractivity contribution in [1.29, 1.82) is 0 Å². The van der Waals surface area contributed by atoms with Crippen LogP contribution in [0.2, 0.25) is 5.02 Å². The van der Waals surface area contributed by atoms with Gasteiger partial charge in [0.2, 0.25) is 0 Å². The number of halogens is 1. The van der Waals surface area contributed by atoms with E-state index in [2.05, 4.69) is 10.6 Å². The maximum Gasteiger partial charge on any atom is 0.321 e. The first kappa shape index (κ1) is 17.9. The van der Waals surface area contributed by atoms with Crippen molar-refractivity contribution in [3.63, 3.8) is 0 Å². The van der Waals surface area contributed by atoms with Crippen LogP contribution < -0.4 is 15.4 Å². The Bertz CT molecular complexity index is 684. The number of urea groups is 1. The largest absolute Gasteiger partial charge is 0.504 e. The van der Waals surface area contributed by atoms with Crippen LogP contribution >= 0.6 is 11.6 Å². The van der Waals surface area contributed by atoms with Gasteiger partial charge in [0.05, 0.1) is 17.7 Å². The van der Waals surface area contributed by atoms with Crippen molar-refractivity contribution < 1.29 is 19.4 Å². The Labute approximate surface area is 151 Å². The number of imide groups is 1. The number of aromatic hydroxyl groups is 1. The van der Waals surface area contributed by atoms with Gasteiger partial charge in [-0.05, 0) is 56.4 Å². The summed E-state index contributed by atoms with van der Waals surface area (Å²) >= 11 is 6.01. The van der Waals surface area contributed by atoms with Gasteiger partial charge in [-0.15, -0.1) is 0 Å². The molecule has 2 fully saturated rings. The summed E-state index contributed by atoms with van der Waals surface area (Å²) in [6.45, 7) is 1.94. The average Bonchev–Trinajstić information content (AvgIpc) is 3.15. The van der Waals surface area contributed by atoms with Gasteiger partial charge in [-0.3, -0.25) is 10.1 Å². The SMILES string of the molecule is COc1cc(Cl)c(C(=O)NC(=O)NC(C)CC2CC3CC3C2)cc1O. The first-order valence-electron chi connectivity index (χ1n) is 8.55. The Morgan fingerprint density at radius 3 is 2.64 bits per heavy atom. The van der Waals surface area contributed by atoms with Crippen molar-refractivity contribution in [3.8, 4) is 11.5 Å². The maximum atomic E-state index is 12.2. The summed E-state index contributed by atoms with van der Waals surface area (Å²) in [6, 6.07) is 1.94. The van der Waals surface area contributed by atoms with Crippen LogP contribution in [-0.4, -0.2) is 30.2 Å². The first-order chi connectivity index (χ1) is 11.9. The summed E-state index contributed by atoms with van der Waals surface area (Å²) < 4.78 is 4.92. The molecule has 6 nitrogen and oxygen atoms in total. The molecule has 3 unspecified atom stereocenters. The van der Waals surface area contributed by atoms with Crippen molar-refractivity contribution in [1.82, 2.24) is 10.6 Å². The van der Waals surface area contributed by atoms with Gasteiger partial charge in [0.25, 0.3) is 5.91 Å². The summed E-state index contributed by atoms with van der Waals surface area (Å²) in [5.41, 5.74) is 0.0126. The van der Waals surface area contributed by atoms with Gasteiger partial charge in [0.15, 0.2) is 11.5 Å². The third-order valence-corrected chi connectivity index (χ3v) is 5.46. The number of fused-ring (bicyclic) bond motifs is 1. The van der Waals surface area contributed by atoms with Crippen LogP contribution in [0.4, 0.5) is 4.79 Å². The highest BCUT2D eigenvalue weighted by atomic mass is 35.5. The molecule has 1 aromatic carbocycles. The summed E-state index contributed by atoms with van der Waals surface area (Å²) in [5.74, 6) is 1.77. The number of ether oxygens (including phenoxy) is 1. The highest BCUT2D eigenvalue weighted by Crippen LogP contribution is 2.55. The Morgan fingerprint density at radius 2 is 2.00 bits per heavy atom. The van der Waals surface area contributed by atoms with Gasteiger partial charge in [-0.25, -0.2) is 4.79 Å². The summed E-state index contributed by atoms with van der Waals surface area (Å²) in [7, 11) is 1.38. The Kier molecular flexibility index (Phi) is 5.08. The number of hydrogen-bond acceptors (Lipinski definition) is 4. The quantitative estimate of drug-likeness (QED) is 0.746. The molecule has 0 spiro atoms. The lowest BCUT2D eigenvalue weighted by Crippen LogP contribution is -2.44. The van der Waals surface area contributed by atoms with Crippen LogP contribution in [0.25, 0.3) is 0 Å². The molecular weight excluding hydrogens is 344 g/mol. The molecular formula is C18H23ClN2O4. The monoisotopic (exact) mass is 366 g/mol. The molecule has 0 radical (unpaired) electrons. The molecule has 25 heavy (non-hydrogen) atoms. The highest BCUT2D eigenvalue weighted by Gasteiger charge is 2.45. The third kappa shape index (κ3) is 4.18. The number of phenols is 1. The molecule has 0 bridgehead atoms. The highest BCUT2D eigenvalue weighted by molar-refractivity contribution is 6.34. The summed E-state index contributed by atoms with van der Waals surface area (Å²) in [6.07, 6.45) is 4.83. The van der Waals surface area contributed by atoms with E-state index in [-0.39, 0.29) is 28.1 Å². The fourth-order valence-corrected chi connectivity index (χ4v) is 4.14. The minimum atomic E-state index is -0.672. The molecule has 3 rings (SSSR count). The smallest absolute Gasteiger partial charge is 0.321 e. The number of amides is 3. The second-order valence-corrected chi connectivity index (χ2v) is 7.57. The third-order valence-electron chi connectivity index (χ3n) is 5.15. The fourth-order valence-electron chi connectivity index (χ4n) is 3.90. The van der Waals surface area contributed by atoms with E-state index in [0.717, 1.165) is 18.3 Å². The second kappa shape index (κ2) is 7.12. The summed E-state index contributed by atoms with van der Waals surface area (Å²) in [5, 5.41) is 14.9. The zero-order chi connectivity index (χ0) is 18.1. The summed E-state index contributed by atoms with van der Waals surface area (Å²) in [4.78, 5) is 24.2. The second-order valence-electron chi connectivity index (χ2n) is 7.16. The molecule has 136 valence electrons. The van der Waals surface area contributed by atoms with Crippen molar-refractivity contribution in [2.75, 3.05) is 7.11 Å². The van der Waals surface area contributed by atoms with E-state index in [1.165, 1.54) is 38.5 Å². The van der Waals surface area contributed by atoms with Gasteiger partial charge in [-0.1, -0.05) is 11.6 Å². The molecule has 0 heterocycles. The van der Waals surface area contributed by atoms with E-state index < -0.39 is 11.9 Å². The molecule has 1 aromatic rings. The molecule has 3 N–H and O–H groups in total. The molecule has 2 saturated carbocycles. The number of benzene rings is 1. The van der Waals surface area contributed by atoms with E-state index in [9.17, 15) is 14.7 Å². The predicted octanol–water partition coefficient (Wildman–Crippen LogP) is 3.32. The Balaban J connectivity index is 1.51. The van der Waals surface area contributed by atoms with E-state index in [4.69, 9.17) is 16.3 Å². The lowest BCUT2D eigenvalue weighted by Gasteiger charge is -2.19. The lowest BCUT2D eigenvalue weighted by atomic mass is 9.96. The van der Waals surface area contributed by atoms with E-state index in [1.807, 2.05) is 6.92 Å². The zero-order valence-electron chi connectivity index (χ0n) is 14.3. The van der Waals surface area contributed by atoms with Crippen molar-refractivity contribution >= 4 is 23.5 Å². The van der Waals surface area contributed by atoms with Crippen LogP contribution in [0.3, 0.4) is 0 Å². The number of hydrogen-bond donors (Lipinski definition) is 3. The van der Waals surface area contributed by atoms with Gasteiger partial charge in [0.1, 0.15) is 0 Å². The van der Waals surface area contributed by atoms with Gasteiger partial charge in [-0.2, -0.15) is 0 Å². The maximum absolute atomic E-state index is 12.2. The standard InChI is InChI=1S/C18H23ClN2O4/c1-9(3-10-4-11-6-12(11)5-10)20-18(24)21-17(23)13-7-15(22)16(25-2)8-14(13)19/h7-12,22H,3-6H2,1-2H3,(H2,20,21,23,24). The van der Waals surface area contributed by atoms with Crippen molar-refractivity contribution in [2.24, 2.45) is 17.8 Å². The van der Waals surface area contributed by atoms with Gasteiger partial charge >= 0.3 is 6.03 Å². The van der Waals surface area contributed by atoms with Crippen LogP contribution in [-0.2, 0) is 0 Å². The molecule has 3 atom stereocenters. The van der Waals surface area contributed by atoms with Crippen molar-refractivity contribution in [2.45, 2.75) is 38.6 Å². The number of methoxy groups -OCH3 is 1. The molecule has 7 heteroatoms. The molecule has 0 saturated heterocycles. The zero-order valence-corrected chi connectivity index (χ0v) is 15.1. The fraction of sp³-hybridized carbons (Fsp3) is 0.556. The number of phenolic OH excluding ortho intramolecular Hbond substituents is 1. The van der Waals surface area contributed by atoms with Crippen LogP contribution in [0.1, 0.15) is 43.0 Å². The molecule has 0 aliphatic heterocycles. The Morgan fingerprint density at radius 1 is 1.32 bits per heavy atom. The van der Waals surface area contributed by atoms with Crippen molar-refractivity contribution in [3.05, 3.63) is 22.7 Å². The Hall–Kier alpha value is -1.95. The molecule has 2 aliphatic rings. The van der Waals surface area contributed by atoms with E-state index >= 15 is 0 Å². The van der Waals surface area contributed by atoms with E-state index in [0.29, 0.717) is 5.92 Å². The lowest BCUT2D eigenvalue weighted by molar-refractivity contribution is 0.0963. The average molecular weight is 367 g/mol. The molecule has 2 aliphatic carbocycles. The minimum absolute atomic E-state index is 0.00459. The topological polar surface area (TPSA) is 87.7 Å². The normalized spacial score (nSPS) is 25.0. The number of rotatable bonds is 5. The number of nitrogens with one attached hydrogen (secondary N) is 2. The minimum Gasteiger partial charge on any atom is -0.504 e. The van der Waals surface area contributed by atoms with Gasteiger partial charge < -0.3 is 15.2 Å². The van der Waals surface area contributed by atoms with Crippen LogP contribution in [0.15, 0.2) is 12.1 Å².